The van der Waals surface area contributed by atoms with Crippen LogP contribution in [0.2, 0.25) is 0 Å². The zero-order valence-electron chi connectivity index (χ0n) is 17.3. The first kappa shape index (κ1) is 19.5. The molecule has 1 aliphatic heterocycles. The van der Waals surface area contributed by atoms with Crippen molar-refractivity contribution in [3.63, 3.8) is 0 Å². The molecule has 6 heteroatoms. The first-order chi connectivity index (χ1) is 13.3. The summed E-state index contributed by atoms with van der Waals surface area (Å²) in [6.45, 7) is 7.57. The van der Waals surface area contributed by atoms with Crippen molar-refractivity contribution in [2.24, 2.45) is 11.3 Å². The van der Waals surface area contributed by atoms with E-state index in [1.54, 1.807) is 0 Å². The molecule has 0 bridgehead atoms. The van der Waals surface area contributed by atoms with Gasteiger partial charge in [-0.1, -0.05) is 32.3 Å². The first-order valence-electron chi connectivity index (χ1n) is 10.8. The fourth-order valence-electron chi connectivity index (χ4n) is 4.92. The highest BCUT2D eigenvalue weighted by atomic mass is 16.6. The number of carbonyl (C=O) groups excluding carboxylic acids is 2. The van der Waals surface area contributed by atoms with Crippen LogP contribution < -0.4 is 0 Å². The van der Waals surface area contributed by atoms with Crippen molar-refractivity contribution < 1.29 is 18.8 Å². The second-order valence-electron chi connectivity index (χ2n) is 9.99. The second-order valence-corrected chi connectivity index (χ2v) is 9.99. The molecule has 28 heavy (non-hydrogen) atoms. The fourth-order valence-corrected chi connectivity index (χ4v) is 4.92. The Labute approximate surface area is 167 Å². The van der Waals surface area contributed by atoms with Crippen molar-refractivity contribution in [1.82, 2.24) is 10.1 Å². The van der Waals surface area contributed by atoms with E-state index in [2.05, 4.69) is 25.9 Å². The van der Waals surface area contributed by atoms with Crippen LogP contribution >= 0.6 is 0 Å². The predicted octanol–water partition coefficient (Wildman–Crippen LogP) is 4.78. The molecule has 0 spiro atoms. The van der Waals surface area contributed by atoms with E-state index < -0.39 is 6.09 Å². The average molecular weight is 389 g/mol. The van der Waals surface area contributed by atoms with Gasteiger partial charge in [-0.15, -0.1) is 0 Å². The minimum absolute atomic E-state index is 0.180. The Morgan fingerprint density at radius 3 is 2.54 bits per heavy atom. The van der Waals surface area contributed by atoms with E-state index in [9.17, 15) is 9.59 Å². The minimum atomic E-state index is -0.524. The lowest BCUT2D eigenvalue weighted by Crippen LogP contribution is -2.31. The van der Waals surface area contributed by atoms with E-state index in [4.69, 9.17) is 9.26 Å². The van der Waals surface area contributed by atoms with Crippen LogP contribution in [0.4, 0.5) is 4.79 Å². The van der Waals surface area contributed by atoms with Crippen molar-refractivity contribution >= 4 is 12.0 Å². The third-order valence-corrected chi connectivity index (χ3v) is 6.49. The van der Waals surface area contributed by atoms with Gasteiger partial charge in [-0.3, -0.25) is 4.79 Å². The number of cyclic esters (lactones) is 1. The van der Waals surface area contributed by atoms with Gasteiger partial charge in [-0.25, -0.2) is 9.69 Å². The molecule has 1 aromatic heterocycles. The Kier molecular flexibility index (Phi) is 5.23. The molecule has 1 aromatic rings. The van der Waals surface area contributed by atoms with Crippen LogP contribution in [0.25, 0.3) is 0 Å². The van der Waals surface area contributed by atoms with Gasteiger partial charge in [0.2, 0.25) is 5.91 Å². The number of nitrogens with zero attached hydrogens (tertiary/aromatic N) is 2. The number of aromatic nitrogens is 1. The second kappa shape index (κ2) is 7.53. The average Bonchev–Trinajstić information content (AvgIpc) is 3.13. The van der Waals surface area contributed by atoms with E-state index >= 15 is 0 Å². The molecule has 4 rings (SSSR count). The van der Waals surface area contributed by atoms with Crippen molar-refractivity contribution in [2.45, 2.75) is 84.0 Å². The van der Waals surface area contributed by atoms with Crippen LogP contribution in [-0.2, 0) is 16.0 Å². The molecule has 2 amide bonds. The lowest BCUT2D eigenvalue weighted by Gasteiger charge is -2.39. The maximum atomic E-state index is 12.3. The normalized spacial score (nSPS) is 25.4. The van der Waals surface area contributed by atoms with Gasteiger partial charge in [0.25, 0.3) is 0 Å². The van der Waals surface area contributed by atoms with E-state index in [1.807, 2.05) is 0 Å². The Bertz CT molecular complexity index is 738. The fraction of sp³-hybridized carbons (Fsp3) is 0.773. The highest BCUT2D eigenvalue weighted by molar-refractivity contribution is 5.93. The molecule has 6 nitrogen and oxygen atoms in total. The summed E-state index contributed by atoms with van der Waals surface area (Å²) in [6.07, 6.45) is 7.54. The number of rotatable bonds is 6. The van der Waals surface area contributed by atoms with Crippen LogP contribution in [-0.4, -0.2) is 35.2 Å². The SMILES string of the molecule is CC(C)(C)CC1CC(c2onc(CCC(=O)N3CCOC3=O)c2C2CCC2)C1. The lowest BCUT2D eigenvalue weighted by molar-refractivity contribution is -0.127. The highest BCUT2D eigenvalue weighted by Gasteiger charge is 2.40. The summed E-state index contributed by atoms with van der Waals surface area (Å²) in [6, 6.07) is 0. The number of hydrogen-bond donors (Lipinski definition) is 0. The standard InChI is InChI=1S/C22H32N2O4/c1-22(2,3)13-14-11-16(12-14)20-19(15-5-4-6-15)17(23-28-20)7-8-18(25)24-9-10-27-21(24)26/h14-16H,4-13H2,1-3H3. The molecule has 0 radical (unpaired) electrons. The predicted molar refractivity (Wildman–Crippen MR) is 104 cm³/mol. The molecule has 0 unspecified atom stereocenters. The summed E-state index contributed by atoms with van der Waals surface area (Å²) in [7, 11) is 0. The van der Waals surface area contributed by atoms with E-state index in [-0.39, 0.29) is 12.3 Å². The van der Waals surface area contributed by atoms with Crippen LogP contribution in [0.1, 0.15) is 94.6 Å². The summed E-state index contributed by atoms with van der Waals surface area (Å²) in [5.74, 6) is 2.69. The number of aryl methyl sites for hydroxylation is 1. The van der Waals surface area contributed by atoms with E-state index in [0.717, 1.165) is 17.4 Å². The molecule has 2 heterocycles. The molecular formula is C22H32N2O4. The van der Waals surface area contributed by atoms with Crippen LogP contribution in [0.5, 0.6) is 0 Å². The van der Waals surface area contributed by atoms with Crippen molar-refractivity contribution in [1.29, 1.82) is 0 Å². The van der Waals surface area contributed by atoms with Crippen LogP contribution in [0, 0.1) is 11.3 Å². The Morgan fingerprint density at radius 1 is 1.21 bits per heavy atom. The summed E-state index contributed by atoms with van der Waals surface area (Å²) in [5.41, 5.74) is 2.58. The zero-order chi connectivity index (χ0) is 19.9. The van der Waals surface area contributed by atoms with E-state index in [0.29, 0.717) is 36.8 Å². The number of imide groups is 1. The molecule has 0 N–H and O–H groups in total. The molecule has 0 atom stereocenters. The van der Waals surface area contributed by atoms with Gasteiger partial charge in [0.1, 0.15) is 12.4 Å². The Morgan fingerprint density at radius 2 is 1.96 bits per heavy atom. The summed E-state index contributed by atoms with van der Waals surface area (Å²) >= 11 is 0. The monoisotopic (exact) mass is 388 g/mol. The van der Waals surface area contributed by atoms with Crippen molar-refractivity contribution in [2.75, 3.05) is 13.2 Å². The number of carbonyl (C=O) groups is 2. The lowest BCUT2D eigenvalue weighted by atomic mass is 9.65. The largest absolute Gasteiger partial charge is 0.447 e. The minimum Gasteiger partial charge on any atom is -0.447 e. The van der Waals surface area contributed by atoms with Gasteiger partial charge in [0, 0.05) is 24.3 Å². The van der Waals surface area contributed by atoms with Gasteiger partial charge in [0.05, 0.1) is 12.2 Å². The smallest absolute Gasteiger partial charge is 0.416 e. The molecule has 2 aliphatic carbocycles. The molecule has 1 saturated heterocycles. The van der Waals surface area contributed by atoms with Gasteiger partial charge in [-0.2, -0.15) is 0 Å². The summed E-state index contributed by atoms with van der Waals surface area (Å²) < 4.78 is 10.7. The molecule has 3 aliphatic rings. The maximum absolute atomic E-state index is 12.3. The van der Waals surface area contributed by atoms with Crippen LogP contribution in [0.15, 0.2) is 4.52 Å². The van der Waals surface area contributed by atoms with E-state index in [1.165, 1.54) is 49.0 Å². The van der Waals surface area contributed by atoms with Gasteiger partial charge >= 0.3 is 6.09 Å². The highest BCUT2D eigenvalue weighted by Crippen LogP contribution is 2.51. The third-order valence-electron chi connectivity index (χ3n) is 6.49. The van der Waals surface area contributed by atoms with Crippen molar-refractivity contribution in [3.05, 3.63) is 17.0 Å². The molecule has 0 aromatic carbocycles. The first-order valence-corrected chi connectivity index (χ1v) is 10.8. The zero-order valence-corrected chi connectivity index (χ0v) is 17.3. The number of amides is 2. The quantitative estimate of drug-likeness (QED) is 0.701. The number of hydrogen-bond acceptors (Lipinski definition) is 5. The molecular weight excluding hydrogens is 356 g/mol. The summed E-state index contributed by atoms with van der Waals surface area (Å²) in [4.78, 5) is 25.1. The Balaban J connectivity index is 1.41. The van der Waals surface area contributed by atoms with Gasteiger partial charge in [-0.05, 0) is 49.4 Å². The third kappa shape index (κ3) is 3.96. The maximum Gasteiger partial charge on any atom is 0.416 e. The topological polar surface area (TPSA) is 72.6 Å². The van der Waals surface area contributed by atoms with Gasteiger partial charge in [0.15, 0.2) is 0 Å². The van der Waals surface area contributed by atoms with Crippen LogP contribution in [0.3, 0.4) is 0 Å². The number of ether oxygens (including phenoxy) is 1. The Hall–Kier alpha value is -1.85. The summed E-state index contributed by atoms with van der Waals surface area (Å²) in [5, 5.41) is 4.38. The molecule has 3 fully saturated rings. The van der Waals surface area contributed by atoms with Gasteiger partial charge < -0.3 is 9.26 Å². The molecule has 2 saturated carbocycles. The van der Waals surface area contributed by atoms with Crippen molar-refractivity contribution in [3.8, 4) is 0 Å². The molecule has 154 valence electrons.